The average Bonchev–Trinajstić information content (AvgIpc) is 2.68. The van der Waals surface area contributed by atoms with Gasteiger partial charge in [0.2, 0.25) is 0 Å². The van der Waals surface area contributed by atoms with Crippen LogP contribution in [0.25, 0.3) is 10.2 Å². The summed E-state index contributed by atoms with van der Waals surface area (Å²) < 4.78 is 6.63. The lowest BCUT2D eigenvalue weighted by Crippen LogP contribution is -1.98. The number of fused-ring (bicyclic) bond motifs is 1. The van der Waals surface area contributed by atoms with Gasteiger partial charge >= 0.3 is 0 Å². The van der Waals surface area contributed by atoms with Gasteiger partial charge in [-0.2, -0.15) is 0 Å². The highest BCUT2D eigenvalue weighted by atomic mass is 32.1. The van der Waals surface area contributed by atoms with Crippen molar-refractivity contribution in [3.63, 3.8) is 0 Å². The van der Waals surface area contributed by atoms with Gasteiger partial charge in [-0.3, -0.25) is 0 Å². The second-order valence-electron chi connectivity index (χ2n) is 3.51. The maximum Gasteiger partial charge on any atom is 0.183 e. The molecule has 1 aromatic heterocycles. The third kappa shape index (κ3) is 2.44. The molecule has 0 unspecified atom stereocenters. The number of benzene rings is 1. The number of rotatable bonds is 5. The zero-order chi connectivity index (χ0) is 11.4. The number of anilines is 1. The van der Waals surface area contributed by atoms with E-state index >= 15 is 0 Å². The van der Waals surface area contributed by atoms with Crippen molar-refractivity contribution in [1.82, 2.24) is 4.98 Å². The number of nitrogens with zero attached hydrogens (tertiary/aromatic N) is 1. The number of hydrogen-bond donors (Lipinski definition) is 1. The zero-order valence-corrected chi connectivity index (χ0v) is 10.4. The minimum absolute atomic E-state index is 0.700. The van der Waals surface area contributed by atoms with Gasteiger partial charge in [-0.05, 0) is 31.5 Å². The van der Waals surface area contributed by atoms with Crippen LogP contribution >= 0.6 is 11.3 Å². The fourth-order valence-electron chi connectivity index (χ4n) is 1.47. The monoisotopic (exact) mass is 236 g/mol. The molecule has 0 aliphatic carbocycles. The Kier molecular flexibility index (Phi) is 3.62. The lowest BCUT2D eigenvalue weighted by molar-refractivity contribution is 0.341. The van der Waals surface area contributed by atoms with Gasteiger partial charge in [0, 0.05) is 6.54 Å². The van der Waals surface area contributed by atoms with Crippen LogP contribution in [0.3, 0.4) is 0 Å². The van der Waals surface area contributed by atoms with Gasteiger partial charge in [-0.1, -0.05) is 18.3 Å². The Morgan fingerprint density at radius 3 is 3.00 bits per heavy atom. The number of aromatic nitrogens is 1. The van der Waals surface area contributed by atoms with Crippen molar-refractivity contribution in [3.05, 3.63) is 18.2 Å². The summed E-state index contributed by atoms with van der Waals surface area (Å²) in [5, 5.41) is 4.29. The van der Waals surface area contributed by atoms with Crippen molar-refractivity contribution in [2.24, 2.45) is 0 Å². The van der Waals surface area contributed by atoms with Crippen molar-refractivity contribution in [1.29, 1.82) is 0 Å². The molecule has 0 atom stereocenters. The van der Waals surface area contributed by atoms with Gasteiger partial charge in [0.25, 0.3) is 0 Å². The molecule has 1 heterocycles. The molecule has 1 N–H and O–H groups in total. The van der Waals surface area contributed by atoms with Crippen LogP contribution in [0.5, 0.6) is 5.75 Å². The maximum absolute atomic E-state index is 5.46. The predicted molar refractivity (Wildman–Crippen MR) is 69.6 cm³/mol. The predicted octanol–water partition coefficient (Wildman–Crippen LogP) is 3.52. The van der Waals surface area contributed by atoms with E-state index in [0.717, 1.165) is 29.4 Å². The molecule has 0 spiro atoms. The summed E-state index contributed by atoms with van der Waals surface area (Å²) in [6.45, 7) is 5.81. The van der Waals surface area contributed by atoms with Gasteiger partial charge in [0.1, 0.15) is 5.75 Å². The van der Waals surface area contributed by atoms with Gasteiger partial charge < -0.3 is 10.1 Å². The summed E-state index contributed by atoms with van der Waals surface area (Å²) in [7, 11) is 0. The molecule has 0 aliphatic rings. The van der Waals surface area contributed by atoms with Crippen LogP contribution in [0.15, 0.2) is 18.2 Å². The Hall–Kier alpha value is -1.29. The van der Waals surface area contributed by atoms with E-state index in [1.165, 1.54) is 4.70 Å². The van der Waals surface area contributed by atoms with Crippen molar-refractivity contribution >= 4 is 26.7 Å². The highest BCUT2D eigenvalue weighted by Gasteiger charge is 2.04. The summed E-state index contributed by atoms with van der Waals surface area (Å²) in [6, 6.07) is 6.02. The third-order valence-electron chi connectivity index (χ3n) is 2.20. The van der Waals surface area contributed by atoms with E-state index in [2.05, 4.69) is 17.2 Å². The molecule has 86 valence electrons. The summed E-state index contributed by atoms with van der Waals surface area (Å²) in [5.41, 5.74) is 1.03. The van der Waals surface area contributed by atoms with Gasteiger partial charge in [-0.15, -0.1) is 0 Å². The first-order valence-electron chi connectivity index (χ1n) is 5.60. The first-order valence-corrected chi connectivity index (χ1v) is 6.42. The van der Waals surface area contributed by atoms with Crippen molar-refractivity contribution < 1.29 is 4.74 Å². The van der Waals surface area contributed by atoms with E-state index < -0.39 is 0 Å². The second-order valence-corrected chi connectivity index (χ2v) is 4.54. The molecule has 0 aliphatic heterocycles. The number of thiazole rings is 1. The highest BCUT2D eigenvalue weighted by molar-refractivity contribution is 7.22. The molecule has 0 saturated heterocycles. The van der Waals surface area contributed by atoms with Gasteiger partial charge in [0.15, 0.2) is 5.13 Å². The van der Waals surface area contributed by atoms with Crippen LogP contribution in [0.4, 0.5) is 5.13 Å². The second kappa shape index (κ2) is 5.16. The molecule has 0 amide bonds. The molecule has 0 radical (unpaired) electrons. The lowest BCUT2D eigenvalue weighted by atomic mass is 10.3. The minimum atomic E-state index is 0.700. The molecule has 0 bridgehead atoms. The van der Waals surface area contributed by atoms with Crippen molar-refractivity contribution in [2.75, 3.05) is 18.5 Å². The lowest BCUT2D eigenvalue weighted by Gasteiger charge is -2.00. The summed E-state index contributed by atoms with van der Waals surface area (Å²) in [5.74, 6) is 0.917. The third-order valence-corrected chi connectivity index (χ3v) is 3.17. The van der Waals surface area contributed by atoms with Crippen molar-refractivity contribution in [2.45, 2.75) is 20.3 Å². The quantitative estimate of drug-likeness (QED) is 0.862. The van der Waals surface area contributed by atoms with Crippen LogP contribution in [-0.2, 0) is 0 Å². The largest absolute Gasteiger partial charge is 0.494 e. The molecule has 2 aromatic rings. The van der Waals surface area contributed by atoms with Crippen LogP contribution < -0.4 is 10.1 Å². The molecule has 0 saturated carbocycles. The Morgan fingerprint density at radius 1 is 1.38 bits per heavy atom. The Balaban J connectivity index is 2.23. The highest BCUT2D eigenvalue weighted by Crippen LogP contribution is 2.29. The van der Waals surface area contributed by atoms with E-state index in [1.807, 2.05) is 25.1 Å². The van der Waals surface area contributed by atoms with Crippen LogP contribution in [-0.4, -0.2) is 18.1 Å². The van der Waals surface area contributed by atoms with Gasteiger partial charge in [0.05, 0.1) is 16.8 Å². The maximum atomic E-state index is 5.46. The summed E-state index contributed by atoms with van der Waals surface area (Å²) in [6.07, 6.45) is 1.11. The number of ether oxygens (including phenoxy) is 1. The summed E-state index contributed by atoms with van der Waals surface area (Å²) >= 11 is 1.68. The Bertz CT molecular complexity index is 467. The molecule has 4 heteroatoms. The molecular weight excluding hydrogens is 220 g/mol. The zero-order valence-electron chi connectivity index (χ0n) is 9.62. The fourth-order valence-corrected chi connectivity index (χ4v) is 2.39. The van der Waals surface area contributed by atoms with E-state index in [4.69, 9.17) is 4.74 Å². The topological polar surface area (TPSA) is 34.2 Å². The van der Waals surface area contributed by atoms with E-state index in [-0.39, 0.29) is 0 Å². The van der Waals surface area contributed by atoms with Crippen LogP contribution in [0.1, 0.15) is 20.3 Å². The number of hydrogen-bond acceptors (Lipinski definition) is 4. The van der Waals surface area contributed by atoms with Crippen LogP contribution in [0, 0.1) is 0 Å². The van der Waals surface area contributed by atoms with Crippen molar-refractivity contribution in [3.8, 4) is 5.75 Å². The average molecular weight is 236 g/mol. The van der Waals surface area contributed by atoms with Crippen LogP contribution in [0.2, 0.25) is 0 Å². The molecule has 16 heavy (non-hydrogen) atoms. The standard InChI is InChI=1S/C12H16N2OS/c1-3-7-13-12-14-10-6-5-9(15-4-2)8-11(10)16-12/h5-6,8H,3-4,7H2,1-2H3,(H,13,14). The Morgan fingerprint density at radius 2 is 2.25 bits per heavy atom. The molecule has 0 fully saturated rings. The van der Waals surface area contributed by atoms with E-state index in [1.54, 1.807) is 11.3 Å². The molecule has 3 nitrogen and oxygen atoms in total. The first-order chi connectivity index (χ1) is 7.83. The van der Waals surface area contributed by atoms with Gasteiger partial charge in [-0.25, -0.2) is 4.98 Å². The molecular formula is C12H16N2OS. The van der Waals surface area contributed by atoms with E-state index in [9.17, 15) is 0 Å². The normalized spacial score (nSPS) is 10.6. The fraction of sp³-hybridized carbons (Fsp3) is 0.417. The number of nitrogens with one attached hydrogen (secondary N) is 1. The molecule has 1 aromatic carbocycles. The smallest absolute Gasteiger partial charge is 0.183 e. The first kappa shape index (κ1) is 11.2. The SMILES string of the molecule is CCCNc1nc2ccc(OCC)cc2s1. The minimum Gasteiger partial charge on any atom is -0.494 e. The van der Waals surface area contributed by atoms with E-state index in [0.29, 0.717) is 6.61 Å². The Labute approximate surface area is 99.5 Å². The molecule has 2 rings (SSSR count). The summed E-state index contributed by atoms with van der Waals surface area (Å²) in [4.78, 5) is 4.50.